The minimum atomic E-state index is -3.94. The first kappa shape index (κ1) is 15.9. The number of furan rings is 1. The van der Waals surface area contributed by atoms with Gasteiger partial charge in [0, 0.05) is 34.2 Å². The molecule has 5 nitrogen and oxygen atoms in total. The summed E-state index contributed by atoms with van der Waals surface area (Å²) in [4.78, 5) is 11.8. The van der Waals surface area contributed by atoms with E-state index in [2.05, 4.69) is 5.32 Å². The second-order valence-corrected chi connectivity index (χ2v) is 7.20. The monoisotopic (exact) mass is 347 g/mol. The predicted molar refractivity (Wildman–Crippen MR) is 79.2 cm³/mol. The molecule has 0 fully saturated rings. The highest BCUT2D eigenvalue weighted by atomic mass is 35.7. The highest BCUT2D eigenvalue weighted by Crippen LogP contribution is 2.22. The summed E-state index contributed by atoms with van der Waals surface area (Å²) >= 11 is 5.80. The molecule has 1 N–H and O–H groups in total. The zero-order chi connectivity index (χ0) is 15.5. The molecule has 0 aliphatic carbocycles. The maximum absolute atomic E-state index is 12.0. The van der Waals surface area contributed by atoms with Gasteiger partial charge in [0.1, 0.15) is 5.76 Å². The minimum Gasteiger partial charge on any atom is -0.469 e. The first-order valence-electron chi connectivity index (χ1n) is 5.92. The average Bonchev–Trinajstić information content (AvgIpc) is 2.90. The Kier molecular flexibility index (Phi) is 4.92. The Hall–Kier alpha value is -1.50. The summed E-state index contributed by atoms with van der Waals surface area (Å²) in [5.74, 6) is 0.302. The fraction of sp³-hybridized carbons (Fsp3) is 0.154. The van der Waals surface area contributed by atoms with Crippen molar-refractivity contribution in [1.29, 1.82) is 0 Å². The molecular weight excluding hydrogens is 337 g/mol. The molecule has 1 aromatic carbocycles. The van der Waals surface area contributed by atoms with E-state index in [0.29, 0.717) is 13.0 Å². The van der Waals surface area contributed by atoms with Crippen molar-refractivity contribution < 1.29 is 17.6 Å². The molecule has 0 atom stereocenters. The SMILES string of the molecule is O=C(NCCc1ccco1)c1cc(Cl)cc(S(=O)(=O)Cl)c1. The van der Waals surface area contributed by atoms with E-state index in [9.17, 15) is 13.2 Å². The molecule has 0 radical (unpaired) electrons. The zero-order valence-corrected chi connectivity index (χ0v) is 13.0. The zero-order valence-electron chi connectivity index (χ0n) is 10.7. The Bertz CT molecular complexity index is 742. The van der Waals surface area contributed by atoms with Gasteiger partial charge in [-0.05, 0) is 30.3 Å². The molecule has 21 heavy (non-hydrogen) atoms. The largest absolute Gasteiger partial charge is 0.469 e. The molecule has 0 bridgehead atoms. The summed E-state index contributed by atoms with van der Waals surface area (Å²) in [5.41, 5.74) is 0.126. The maximum Gasteiger partial charge on any atom is 0.261 e. The van der Waals surface area contributed by atoms with Crippen molar-refractivity contribution >= 4 is 37.2 Å². The molecular formula is C13H11Cl2NO4S. The number of rotatable bonds is 5. The van der Waals surface area contributed by atoms with Gasteiger partial charge in [0.2, 0.25) is 0 Å². The number of halogens is 2. The smallest absolute Gasteiger partial charge is 0.261 e. The molecule has 1 heterocycles. The van der Waals surface area contributed by atoms with E-state index in [-0.39, 0.29) is 15.5 Å². The van der Waals surface area contributed by atoms with Crippen LogP contribution in [0.3, 0.4) is 0 Å². The second kappa shape index (κ2) is 6.51. The predicted octanol–water partition coefficient (Wildman–Crippen LogP) is 2.83. The number of nitrogens with one attached hydrogen (secondary N) is 1. The summed E-state index contributed by atoms with van der Waals surface area (Å²) < 4.78 is 27.7. The molecule has 2 rings (SSSR count). The summed E-state index contributed by atoms with van der Waals surface area (Å²) in [7, 11) is 1.30. The average molecular weight is 348 g/mol. The van der Waals surface area contributed by atoms with Gasteiger partial charge in [-0.15, -0.1) is 0 Å². The van der Waals surface area contributed by atoms with E-state index in [0.717, 1.165) is 5.76 Å². The third kappa shape index (κ3) is 4.49. The van der Waals surface area contributed by atoms with E-state index in [1.165, 1.54) is 18.2 Å². The highest BCUT2D eigenvalue weighted by molar-refractivity contribution is 8.13. The molecule has 1 amide bonds. The normalized spacial score (nSPS) is 11.3. The molecule has 8 heteroatoms. The van der Waals surface area contributed by atoms with Crippen LogP contribution in [0.15, 0.2) is 45.9 Å². The summed E-state index contributed by atoms with van der Waals surface area (Å²) in [5, 5.41) is 2.77. The number of benzene rings is 1. The Morgan fingerprint density at radius 1 is 1.29 bits per heavy atom. The maximum atomic E-state index is 12.0. The molecule has 0 spiro atoms. The van der Waals surface area contributed by atoms with Gasteiger partial charge in [0.25, 0.3) is 15.0 Å². The Morgan fingerprint density at radius 2 is 2.05 bits per heavy atom. The number of carbonyl (C=O) groups excluding carboxylic acids is 1. The number of amides is 1. The van der Waals surface area contributed by atoms with Crippen molar-refractivity contribution in [3.8, 4) is 0 Å². The first-order chi connectivity index (χ1) is 9.86. The highest BCUT2D eigenvalue weighted by Gasteiger charge is 2.15. The van der Waals surface area contributed by atoms with Gasteiger partial charge in [-0.1, -0.05) is 11.6 Å². The van der Waals surface area contributed by atoms with Gasteiger partial charge in [-0.2, -0.15) is 0 Å². The third-order valence-corrected chi connectivity index (χ3v) is 4.20. The van der Waals surface area contributed by atoms with Crippen LogP contribution in [0.1, 0.15) is 16.1 Å². The van der Waals surface area contributed by atoms with Crippen LogP contribution in [-0.4, -0.2) is 20.9 Å². The van der Waals surface area contributed by atoms with Crippen LogP contribution in [0.2, 0.25) is 5.02 Å². The van der Waals surface area contributed by atoms with Gasteiger partial charge in [0.05, 0.1) is 11.2 Å². The molecule has 0 saturated heterocycles. The lowest BCUT2D eigenvalue weighted by Crippen LogP contribution is -2.25. The Morgan fingerprint density at radius 3 is 2.67 bits per heavy atom. The van der Waals surface area contributed by atoms with Crippen LogP contribution < -0.4 is 5.32 Å². The quantitative estimate of drug-likeness (QED) is 0.843. The minimum absolute atomic E-state index is 0.118. The van der Waals surface area contributed by atoms with Crippen molar-refractivity contribution in [2.75, 3.05) is 6.54 Å². The molecule has 0 saturated carbocycles. The first-order valence-corrected chi connectivity index (χ1v) is 8.61. The Balaban J connectivity index is 2.07. The number of hydrogen-bond donors (Lipinski definition) is 1. The van der Waals surface area contributed by atoms with E-state index >= 15 is 0 Å². The third-order valence-electron chi connectivity index (χ3n) is 2.65. The van der Waals surface area contributed by atoms with Crippen molar-refractivity contribution in [3.05, 3.63) is 52.9 Å². The van der Waals surface area contributed by atoms with Crippen LogP contribution >= 0.6 is 22.3 Å². The molecule has 112 valence electrons. The lowest BCUT2D eigenvalue weighted by Gasteiger charge is -2.06. The molecule has 1 aromatic heterocycles. The topological polar surface area (TPSA) is 76.4 Å². The lowest BCUT2D eigenvalue weighted by atomic mass is 10.2. The molecule has 0 unspecified atom stereocenters. The van der Waals surface area contributed by atoms with Crippen molar-refractivity contribution in [2.24, 2.45) is 0 Å². The van der Waals surface area contributed by atoms with Crippen LogP contribution in [0.25, 0.3) is 0 Å². The van der Waals surface area contributed by atoms with Crippen molar-refractivity contribution in [1.82, 2.24) is 5.32 Å². The van der Waals surface area contributed by atoms with Gasteiger partial charge in [-0.25, -0.2) is 8.42 Å². The summed E-state index contributed by atoms with van der Waals surface area (Å²) in [6.07, 6.45) is 2.08. The lowest BCUT2D eigenvalue weighted by molar-refractivity contribution is 0.0953. The van der Waals surface area contributed by atoms with Crippen LogP contribution in [0.4, 0.5) is 0 Å². The van der Waals surface area contributed by atoms with Crippen molar-refractivity contribution in [3.63, 3.8) is 0 Å². The molecule has 0 aliphatic heterocycles. The summed E-state index contributed by atoms with van der Waals surface area (Å²) in [6.45, 7) is 0.349. The van der Waals surface area contributed by atoms with Gasteiger partial charge in [-0.3, -0.25) is 4.79 Å². The van der Waals surface area contributed by atoms with Crippen molar-refractivity contribution in [2.45, 2.75) is 11.3 Å². The van der Waals surface area contributed by atoms with Gasteiger partial charge < -0.3 is 9.73 Å². The van der Waals surface area contributed by atoms with Gasteiger partial charge >= 0.3 is 0 Å². The number of hydrogen-bond acceptors (Lipinski definition) is 4. The van der Waals surface area contributed by atoms with Crippen LogP contribution in [0.5, 0.6) is 0 Å². The van der Waals surface area contributed by atoms with Crippen LogP contribution in [0, 0.1) is 0 Å². The standard InChI is InChI=1S/C13H11Cl2NO4S/c14-10-6-9(7-12(8-10)21(15,18)19)13(17)16-4-3-11-2-1-5-20-11/h1-2,5-8H,3-4H2,(H,16,17). The fourth-order valence-electron chi connectivity index (χ4n) is 1.69. The van der Waals surface area contributed by atoms with E-state index in [1.54, 1.807) is 18.4 Å². The summed E-state index contributed by atoms with van der Waals surface area (Å²) in [6, 6.07) is 7.28. The van der Waals surface area contributed by atoms with Crippen LogP contribution in [-0.2, 0) is 15.5 Å². The second-order valence-electron chi connectivity index (χ2n) is 4.20. The fourth-order valence-corrected chi connectivity index (χ4v) is 2.79. The van der Waals surface area contributed by atoms with Gasteiger partial charge in [0.15, 0.2) is 0 Å². The molecule has 0 aliphatic rings. The number of carbonyl (C=O) groups is 1. The van der Waals surface area contributed by atoms with E-state index in [1.807, 2.05) is 0 Å². The van der Waals surface area contributed by atoms with E-state index < -0.39 is 15.0 Å². The Labute approximate surface area is 131 Å². The van der Waals surface area contributed by atoms with E-state index in [4.69, 9.17) is 26.7 Å². The molecule has 2 aromatic rings.